The lowest BCUT2D eigenvalue weighted by molar-refractivity contribution is 0.0754. The Morgan fingerprint density at radius 2 is 1.60 bits per heavy atom. The van der Waals surface area contributed by atoms with Crippen molar-refractivity contribution in [3.8, 4) is 0 Å². The van der Waals surface area contributed by atoms with Crippen LogP contribution in [-0.4, -0.2) is 23.9 Å². The zero-order valence-corrected chi connectivity index (χ0v) is 14.7. The van der Waals surface area contributed by atoms with Crippen LogP contribution in [0.4, 0.5) is 0 Å². The van der Waals surface area contributed by atoms with Crippen LogP contribution < -0.4 is 0 Å². The summed E-state index contributed by atoms with van der Waals surface area (Å²) in [6.07, 6.45) is 0. The van der Waals surface area contributed by atoms with Crippen molar-refractivity contribution in [2.45, 2.75) is 66.8 Å². The Balaban J connectivity index is 0.00000172. The monoisotopic (exact) mass is 277 g/mol. The normalized spacial score (nSPS) is 10.9. The second-order valence-electron chi connectivity index (χ2n) is 6.35. The maximum atomic E-state index is 12.3. The minimum atomic E-state index is 0.0669. The fourth-order valence-corrected chi connectivity index (χ4v) is 1.78. The van der Waals surface area contributed by atoms with E-state index >= 15 is 0 Å². The van der Waals surface area contributed by atoms with Gasteiger partial charge < -0.3 is 4.90 Å². The van der Waals surface area contributed by atoms with Gasteiger partial charge in [-0.15, -0.1) is 0 Å². The van der Waals surface area contributed by atoms with E-state index in [0.717, 1.165) is 11.1 Å². The molecule has 1 aromatic carbocycles. The van der Waals surface area contributed by atoms with Crippen molar-refractivity contribution in [1.29, 1.82) is 0 Å². The summed E-state index contributed by atoms with van der Waals surface area (Å²) in [5.41, 5.74) is 3.21. The summed E-state index contributed by atoms with van der Waals surface area (Å²) in [4.78, 5) is 14.1. The molecule has 2 nitrogen and oxygen atoms in total. The summed E-state index contributed by atoms with van der Waals surface area (Å²) in [6.45, 7) is 16.6. The fourth-order valence-electron chi connectivity index (χ4n) is 1.78. The van der Waals surface area contributed by atoms with Gasteiger partial charge in [-0.3, -0.25) is 4.79 Å². The molecule has 0 fully saturated rings. The molecule has 0 aromatic heterocycles. The van der Waals surface area contributed by atoms with Crippen LogP contribution in [0.5, 0.6) is 0 Å². The Labute approximate surface area is 125 Å². The Hall–Kier alpha value is -1.31. The lowest BCUT2D eigenvalue weighted by Crippen LogP contribution is -2.33. The van der Waals surface area contributed by atoms with E-state index in [2.05, 4.69) is 26.8 Å². The van der Waals surface area contributed by atoms with Crippen molar-refractivity contribution < 1.29 is 4.79 Å². The average Bonchev–Trinajstić information content (AvgIpc) is 2.37. The molecule has 1 aromatic rings. The Kier molecular flexibility index (Phi) is 6.98. The Morgan fingerprint density at radius 1 is 1.10 bits per heavy atom. The Bertz CT molecular complexity index is 441. The highest BCUT2D eigenvalue weighted by molar-refractivity contribution is 5.94. The molecule has 114 valence electrons. The number of hydrogen-bond acceptors (Lipinski definition) is 1. The SMILES string of the molecule is CC.Cc1cc(C(=O)N(C)C(C)C)cc(C(C)(C)C)c1. The van der Waals surface area contributed by atoms with Crippen LogP contribution >= 0.6 is 0 Å². The smallest absolute Gasteiger partial charge is 0.253 e. The number of aryl methyl sites for hydroxylation is 1. The third kappa shape index (κ3) is 4.99. The first-order valence-corrected chi connectivity index (χ1v) is 7.52. The van der Waals surface area contributed by atoms with Crippen molar-refractivity contribution in [1.82, 2.24) is 4.90 Å². The second kappa shape index (κ2) is 7.47. The van der Waals surface area contributed by atoms with Crippen molar-refractivity contribution in [2.24, 2.45) is 0 Å². The number of carbonyl (C=O) groups excluding carboxylic acids is 1. The third-order valence-corrected chi connectivity index (χ3v) is 3.29. The molecule has 0 saturated heterocycles. The largest absolute Gasteiger partial charge is 0.339 e. The first-order chi connectivity index (χ1) is 9.12. The molecule has 2 heteroatoms. The average molecular weight is 277 g/mol. The highest BCUT2D eigenvalue weighted by atomic mass is 16.2. The highest BCUT2D eigenvalue weighted by Crippen LogP contribution is 2.25. The molecule has 0 radical (unpaired) electrons. The zero-order valence-electron chi connectivity index (χ0n) is 14.7. The molecule has 1 rings (SSSR count). The maximum Gasteiger partial charge on any atom is 0.253 e. The number of hydrogen-bond donors (Lipinski definition) is 0. The number of amides is 1. The lowest BCUT2D eigenvalue weighted by atomic mass is 9.85. The van der Waals surface area contributed by atoms with Crippen molar-refractivity contribution in [2.75, 3.05) is 7.05 Å². The molecule has 0 spiro atoms. The number of rotatable bonds is 2. The van der Waals surface area contributed by atoms with Crippen LogP contribution in [0, 0.1) is 6.92 Å². The van der Waals surface area contributed by atoms with Crippen LogP contribution in [0.15, 0.2) is 18.2 Å². The highest BCUT2D eigenvalue weighted by Gasteiger charge is 2.19. The van der Waals surface area contributed by atoms with Gasteiger partial charge in [0.1, 0.15) is 0 Å². The summed E-state index contributed by atoms with van der Waals surface area (Å²) in [5.74, 6) is 0.0965. The van der Waals surface area contributed by atoms with Gasteiger partial charge in [0.15, 0.2) is 0 Å². The second-order valence-corrected chi connectivity index (χ2v) is 6.35. The summed E-state index contributed by atoms with van der Waals surface area (Å²) in [6, 6.07) is 6.37. The van der Waals surface area contributed by atoms with Crippen molar-refractivity contribution >= 4 is 5.91 Å². The maximum absolute atomic E-state index is 12.3. The van der Waals surface area contributed by atoms with Crippen LogP contribution in [0.2, 0.25) is 0 Å². The number of nitrogens with zero attached hydrogens (tertiary/aromatic N) is 1. The van der Waals surface area contributed by atoms with Crippen molar-refractivity contribution in [3.05, 3.63) is 34.9 Å². The van der Waals surface area contributed by atoms with E-state index in [4.69, 9.17) is 0 Å². The van der Waals surface area contributed by atoms with Crippen LogP contribution in [0.25, 0.3) is 0 Å². The first-order valence-electron chi connectivity index (χ1n) is 7.52. The van der Waals surface area contributed by atoms with Gasteiger partial charge in [-0.05, 0) is 43.9 Å². The molecular formula is C18H31NO. The summed E-state index contributed by atoms with van der Waals surface area (Å²) in [5, 5.41) is 0. The molecule has 0 bridgehead atoms. The van der Waals surface area contributed by atoms with E-state index in [1.165, 1.54) is 5.56 Å². The zero-order chi connectivity index (χ0) is 16.1. The van der Waals surface area contributed by atoms with E-state index in [9.17, 15) is 4.79 Å². The summed E-state index contributed by atoms with van der Waals surface area (Å²) in [7, 11) is 1.85. The van der Waals surface area contributed by atoms with Gasteiger partial charge in [-0.2, -0.15) is 0 Å². The van der Waals surface area contributed by atoms with Gasteiger partial charge in [0.2, 0.25) is 0 Å². The topological polar surface area (TPSA) is 20.3 Å². The third-order valence-electron chi connectivity index (χ3n) is 3.29. The quantitative estimate of drug-likeness (QED) is 0.760. The molecule has 0 atom stereocenters. The molecule has 0 aliphatic heterocycles. The molecule has 20 heavy (non-hydrogen) atoms. The van der Waals surface area contributed by atoms with Crippen LogP contribution in [0.1, 0.15) is 70.0 Å². The summed E-state index contributed by atoms with van der Waals surface area (Å²) < 4.78 is 0. The van der Waals surface area contributed by atoms with E-state index in [1.807, 2.05) is 53.8 Å². The lowest BCUT2D eigenvalue weighted by Gasteiger charge is -2.24. The minimum Gasteiger partial charge on any atom is -0.339 e. The molecule has 0 N–H and O–H groups in total. The molecule has 0 aliphatic carbocycles. The Morgan fingerprint density at radius 3 is 2.00 bits per heavy atom. The number of carbonyl (C=O) groups is 1. The molecule has 1 amide bonds. The van der Waals surface area contributed by atoms with Gasteiger partial charge in [0.25, 0.3) is 5.91 Å². The standard InChI is InChI=1S/C16H25NO.C2H6/c1-11(2)17(7)15(18)13-8-12(3)9-14(10-13)16(4,5)6;1-2/h8-11H,1-7H3;1-2H3. The van der Waals surface area contributed by atoms with Crippen molar-refractivity contribution in [3.63, 3.8) is 0 Å². The van der Waals surface area contributed by atoms with E-state index in [0.29, 0.717) is 0 Å². The summed E-state index contributed by atoms with van der Waals surface area (Å²) >= 11 is 0. The molecule has 0 unspecified atom stereocenters. The van der Waals surface area contributed by atoms with E-state index in [-0.39, 0.29) is 17.4 Å². The first kappa shape index (κ1) is 18.7. The van der Waals surface area contributed by atoms with E-state index < -0.39 is 0 Å². The van der Waals surface area contributed by atoms with Gasteiger partial charge in [0, 0.05) is 18.7 Å². The van der Waals surface area contributed by atoms with Gasteiger partial charge in [-0.25, -0.2) is 0 Å². The van der Waals surface area contributed by atoms with Crippen LogP contribution in [-0.2, 0) is 5.41 Å². The van der Waals surface area contributed by atoms with E-state index in [1.54, 1.807) is 4.90 Å². The molecule has 0 heterocycles. The molecular weight excluding hydrogens is 246 g/mol. The predicted octanol–water partition coefficient (Wildman–Crippen LogP) is 4.80. The van der Waals surface area contributed by atoms with Gasteiger partial charge >= 0.3 is 0 Å². The van der Waals surface area contributed by atoms with Gasteiger partial charge in [0.05, 0.1) is 0 Å². The number of benzene rings is 1. The molecule has 0 aliphatic rings. The van der Waals surface area contributed by atoms with Gasteiger partial charge in [-0.1, -0.05) is 46.2 Å². The molecule has 0 saturated carbocycles. The predicted molar refractivity (Wildman–Crippen MR) is 88.5 cm³/mol. The fraction of sp³-hybridized carbons (Fsp3) is 0.611. The van der Waals surface area contributed by atoms with Crippen LogP contribution in [0.3, 0.4) is 0 Å². The minimum absolute atomic E-state index is 0.0669.